The second kappa shape index (κ2) is 13.6. The molecule has 2 N–H and O–H groups in total. The van der Waals surface area contributed by atoms with E-state index in [4.69, 9.17) is 24.4 Å². The van der Waals surface area contributed by atoms with Crippen LogP contribution in [0, 0.1) is 0 Å². The Bertz CT molecular complexity index is 1650. The molecular formula is C27H33F3N6O7. The lowest BCUT2D eigenvalue weighted by molar-refractivity contribution is -0.192. The maximum atomic E-state index is 13.7. The number of aryl methyl sites for hydroxylation is 1. The van der Waals surface area contributed by atoms with Crippen LogP contribution in [0.3, 0.4) is 0 Å². The smallest absolute Gasteiger partial charge is 0.490 e. The molecule has 3 aromatic rings. The lowest BCUT2D eigenvalue weighted by atomic mass is 10.1. The van der Waals surface area contributed by atoms with Crippen molar-refractivity contribution < 1.29 is 37.3 Å². The SMILES string of the molecule is COc1ccc(OC)c(C(=O)Cn2c(=O)c3c(nc(N4CCNCC4)n3CC=C(C)C)n(C)c2=O)c1.O=C(O)C(F)(F)F. The van der Waals surface area contributed by atoms with Crippen LogP contribution in [-0.4, -0.2) is 82.1 Å². The minimum atomic E-state index is -5.08. The topological polar surface area (TPSA) is 150 Å². The Labute approximate surface area is 243 Å². The quantitative estimate of drug-likeness (QED) is 0.286. The van der Waals surface area contributed by atoms with Crippen molar-refractivity contribution in [3.63, 3.8) is 0 Å². The van der Waals surface area contributed by atoms with E-state index in [2.05, 4.69) is 10.2 Å². The fourth-order valence-corrected chi connectivity index (χ4v) is 4.31. The van der Waals surface area contributed by atoms with Gasteiger partial charge >= 0.3 is 17.8 Å². The number of anilines is 1. The van der Waals surface area contributed by atoms with E-state index in [1.54, 1.807) is 19.2 Å². The first-order valence-corrected chi connectivity index (χ1v) is 13.1. The van der Waals surface area contributed by atoms with E-state index in [1.807, 2.05) is 24.5 Å². The molecule has 0 saturated carbocycles. The summed E-state index contributed by atoms with van der Waals surface area (Å²) in [6.07, 6.45) is -3.08. The second-order valence-corrected chi connectivity index (χ2v) is 9.74. The number of methoxy groups -OCH3 is 2. The van der Waals surface area contributed by atoms with Crippen LogP contribution in [0.2, 0.25) is 0 Å². The van der Waals surface area contributed by atoms with Gasteiger partial charge in [-0.1, -0.05) is 11.6 Å². The summed E-state index contributed by atoms with van der Waals surface area (Å²) in [5, 5.41) is 10.4. The van der Waals surface area contributed by atoms with Crippen molar-refractivity contribution in [2.24, 2.45) is 7.05 Å². The summed E-state index contributed by atoms with van der Waals surface area (Å²) in [5.74, 6) is -1.76. The Balaban J connectivity index is 0.000000646. The number of alkyl halides is 3. The molecule has 0 radical (unpaired) electrons. The number of nitrogens with one attached hydrogen (secondary N) is 1. The number of nitrogens with zero attached hydrogens (tertiary/aromatic N) is 5. The van der Waals surface area contributed by atoms with Crippen molar-refractivity contribution >= 4 is 28.9 Å². The number of Topliss-reactive ketones (excluding diaryl/α,β-unsaturated/α-hetero) is 1. The Morgan fingerprint density at radius 1 is 1.09 bits per heavy atom. The zero-order valence-electron chi connectivity index (χ0n) is 24.3. The van der Waals surface area contributed by atoms with Gasteiger partial charge in [0.2, 0.25) is 5.95 Å². The highest BCUT2D eigenvalue weighted by Gasteiger charge is 2.38. The molecule has 1 aliphatic heterocycles. The van der Waals surface area contributed by atoms with E-state index in [1.165, 1.54) is 24.9 Å². The normalized spacial score (nSPS) is 13.3. The molecule has 1 aliphatic rings. The second-order valence-electron chi connectivity index (χ2n) is 9.74. The predicted octanol–water partition coefficient (Wildman–Crippen LogP) is 1.81. The zero-order valence-corrected chi connectivity index (χ0v) is 24.3. The summed E-state index contributed by atoms with van der Waals surface area (Å²) < 4.78 is 46.4. The zero-order chi connectivity index (χ0) is 32.1. The number of halogens is 3. The molecule has 0 unspecified atom stereocenters. The van der Waals surface area contributed by atoms with Crippen LogP contribution < -0.4 is 30.9 Å². The first kappa shape index (κ1) is 32.9. The Kier molecular flexibility index (Phi) is 10.4. The minimum absolute atomic E-state index is 0.227. The monoisotopic (exact) mass is 610 g/mol. The Morgan fingerprint density at radius 3 is 2.26 bits per heavy atom. The third-order valence-corrected chi connectivity index (χ3v) is 6.55. The molecule has 0 amide bonds. The van der Waals surface area contributed by atoms with Gasteiger partial charge in [-0.25, -0.2) is 9.59 Å². The number of fused-ring (bicyclic) bond motifs is 1. The molecule has 1 aromatic carbocycles. The van der Waals surface area contributed by atoms with Gasteiger partial charge in [0.25, 0.3) is 5.56 Å². The van der Waals surface area contributed by atoms with E-state index >= 15 is 0 Å². The first-order chi connectivity index (χ1) is 20.2. The lowest BCUT2D eigenvalue weighted by Gasteiger charge is -2.28. The fraction of sp³-hybridized carbons (Fsp3) is 0.444. The van der Waals surface area contributed by atoms with E-state index in [0.29, 0.717) is 29.6 Å². The molecule has 1 saturated heterocycles. The largest absolute Gasteiger partial charge is 0.497 e. The standard InChI is InChI=1S/C25H32N6O5.C2HF3O2/c1-16(2)8-11-30-21-22(27-24(30)29-12-9-26-10-13-29)28(3)25(34)31(23(21)33)15-19(32)18-14-17(35-4)6-7-20(18)36-5;3-2(4,5)1(6)7/h6-8,14,26H,9-13,15H2,1-5H3;(H,6,7). The Hall–Kier alpha value is -4.60. The number of aliphatic carboxylic acids is 1. The number of allylic oxidation sites excluding steroid dienone is 2. The highest BCUT2D eigenvalue weighted by Crippen LogP contribution is 2.25. The first-order valence-electron chi connectivity index (χ1n) is 13.1. The van der Waals surface area contributed by atoms with Crippen LogP contribution in [-0.2, 0) is 24.9 Å². The number of piperazine rings is 1. The third-order valence-electron chi connectivity index (χ3n) is 6.55. The van der Waals surface area contributed by atoms with Crippen LogP contribution in [0.4, 0.5) is 19.1 Å². The van der Waals surface area contributed by atoms with Gasteiger partial charge in [0.15, 0.2) is 16.9 Å². The summed E-state index contributed by atoms with van der Waals surface area (Å²) in [7, 11) is 4.51. The van der Waals surface area contributed by atoms with Crippen molar-refractivity contribution in [3.8, 4) is 11.5 Å². The summed E-state index contributed by atoms with van der Waals surface area (Å²) in [5.41, 5.74) is 0.733. The lowest BCUT2D eigenvalue weighted by Crippen LogP contribution is -2.44. The number of hydrogen-bond acceptors (Lipinski definition) is 9. The van der Waals surface area contributed by atoms with E-state index in [9.17, 15) is 27.6 Å². The minimum Gasteiger partial charge on any atom is -0.497 e. The van der Waals surface area contributed by atoms with E-state index < -0.39 is 35.7 Å². The molecule has 234 valence electrons. The van der Waals surface area contributed by atoms with Crippen LogP contribution >= 0.6 is 0 Å². The summed E-state index contributed by atoms with van der Waals surface area (Å²) in [4.78, 5) is 56.0. The third kappa shape index (κ3) is 7.43. The van der Waals surface area contributed by atoms with Gasteiger partial charge < -0.3 is 29.4 Å². The van der Waals surface area contributed by atoms with Gasteiger partial charge in [0, 0.05) is 39.8 Å². The Morgan fingerprint density at radius 2 is 1.72 bits per heavy atom. The average molecular weight is 611 g/mol. The van der Waals surface area contributed by atoms with Crippen LogP contribution in [0.5, 0.6) is 11.5 Å². The molecule has 43 heavy (non-hydrogen) atoms. The maximum absolute atomic E-state index is 13.7. The molecule has 0 aliphatic carbocycles. The number of carbonyl (C=O) groups is 2. The number of ketones is 1. The number of carbonyl (C=O) groups excluding carboxylic acids is 1. The molecular weight excluding hydrogens is 577 g/mol. The van der Waals surface area contributed by atoms with Crippen molar-refractivity contribution in [1.29, 1.82) is 0 Å². The molecule has 3 heterocycles. The van der Waals surface area contributed by atoms with Crippen molar-refractivity contribution in [1.82, 2.24) is 24.0 Å². The molecule has 16 heteroatoms. The highest BCUT2D eigenvalue weighted by molar-refractivity contribution is 5.99. The highest BCUT2D eigenvalue weighted by atomic mass is 19.4. The number of hydrogen-bond donors (Lipinski definition) is 2. The van der Waals surface area contributed by atoms with Gasteiger partial charge in [-0.2, -0.15) is 18.2 Å². The number of imidazole rings is 1. The van der Waals surface area contributed by atoms with Crippen molar-refractivity contribution in [2.75, 3.05) is 45.3 Å². The number of carboxylic acids is 1. The van der Waals surface area contributed by atoms with Gasteiger partial charge in [-0.15, -0.1) is 0 Å². The molecule has 4 rings (SSSR count). The summed E-state index contributed by atoms with van der Waals surface area (Å²) in [6, 6.07) is 4.83. The van der Waals surface area contributed by atoms with Crippen LogP contribution in [0.25, 0.3) is 11.2 Å². The van der Waals surface area contributed by atoms with E-state index in [-0.39, 0.29) is 11.1 Å². The molecule has 13 nitrogen and oxygen atoms in total. The van der Waals surface area contributed by atoms with Crippen molar-refractivity contribution in [3.05, 3.63) is 56.2 Å². The number of aromatic nitrogens is 4. The van der Waals surface area contributed by atoms with Gasteiger partial charge in [0.05, 0.1) is 26.3 Å². The number of ether oxygens (including phenoxy) is 2. The van der Waals surface area contributed by atoms with E-state index in [0.717, 1.165) is 36.3 Å². The number of benzene rings is 1. The van der Waals surface area contributed by atoms with Gasteiger partial charge in [0.1, 0.15) is 11.5 Å². The fourth-order valence-electron chi connectivity index (χ4n) is 4.31. The van der Waals surface area contributed by atoms with Crippen LogP contribution in [0.1, 0.15) is 24.2 Å². The van der Waals surface area contributed by atoms with Gasteiger partial charge in [-0.3, -0.25) is 18.7 Å². The molecule has 2 aromatic heterocycles. The van der Waals surface area contributed by atoms with Gasteiger partial charge in [-0.05, 0) is 32.0 Å². The van der Waals surface area contributed by atoms with Crippen LogP contribution in [0.15, 0.2) is 39.4 Å². The number of rotatable bonds is 8. The molecule has 0 bridgehead atoms. The molecule has 0 spiro atoms. The average Bonchev–Trinajstić information content (AvgIpc) is 3.36. The number of carboxylic acid groups (broad SMARTS) is 1. The summed E-state index contributed by atoms with van der Waals surface area (Å²) in [6.45, 7) is 7.00. The molecule has 1 fully saturated rings. The van der Waals surface area contributed by atoms with Crippen molar-refractivity contribution in [2.45, 2.75) is 33.1 Å². The predicted molar refractivity (Wildman–Crippen MR) is 151 cm³/mol. The molecule has 0 atom stereocenters. The maximum Gasteiger partial charge on any atom is 0.490 e. The summed E-state index contributed by atoms with van der Waals surface area (Å²) >= 11 is 0.